The summed E-state index contributed by atoms with van der Waals surface area (Å²) in [6.45, 7) is -0.0615. The lowest BCUT2D eigenvalue weighted by Crippen LogP contribution is -1.92. The van der Waals surface area contributed by atoms with E-state index in [0.29, 0.717) is 12.0 Å². The average molecular weight is 230 g/mol. The van der Waals surface area contributed by atoms with E-state index in [0.717, 1.165) is 11.1 Å². The van der Waals surface area contributed by atoms with Gasteiger partial charge in [-0.1, -0.05) is 24.3 Å². The van der Waals surface area contributed by atoms with Crippen LogP contribution >= 0.6 is 0 Å². The number of aliphatic hydroxyl groups excluding tert-OH is 1. The fourth-order valence-electron chi connectivity index (χ4n) is 1.74. The first kappa shape index (κ1) is 11.5. The number of phenolic OH excluding ortho intramolecular Hbond substituents is 2. The van der Waals surface area contributed by atoms with Gasteiger partial charge in [-0.15, -0.1) is 0 Å². The molecule has 2 rings (SSSR count). The molecule has 0 unspecified atom stereocenters. The van der Waals surface area contributed by atoms with Crippen molar-refractivity contribution >= 4 is 0 Å². The molecule has 0 saturated carbocycles. The molecule has 0 fully saturated rings. The van der Waals surface area contributed by atoms with Gasteiger partial charge in [0.05, 0.1) is 6.61 Å². The van der Waals surface area contributed by atoms with Crippen LogP contribution in [0.2, 0.25) is 0 Å². The molecule has 0 saturated heterocycles. The van der Waals surface area contributed by atoms with Gasteiger partial charge in [-0.25, -0.2) is 0 Å². The van der Waals surface area contributed by atoms with Crippen LogP contribution in [0.1, 0.15) is 16.7 Å². The second kappa shape index (κ2) is 4.89. The molecule has 0 aliphatic heterocycles. The van der Waals surface area contributed by atoms with Crippen LogP contribution in [-0.4, -0.2) is 15.3 Å². The van der Waals surface area contributed by atoms with Crippen molar-refractivity contribution in [3.63, 3.8) is 0 Å². The normalized spacial score (nSPS) is 10.4. The molecule has 17 heavy (non-hydrogen) atoms. The van der Waals surface area contributed by atoms with E-state index in [9.17, 15) is 10.2 Å². The van der Waals surface area contributed by atoms with E-state index in [1.807, 2.05) is 6.07 Å². The number of hydrogen-bond donors (Lipinski definition) is 3. The molecule has 0 heterocycles. The minimum atomic E-state index is -0.0615. The van der Waals surface area contributed by atoms with Gasteiger partial charge in [-0.3, -0.25) is 0 Å². The first-order chi connectivity index (χ1) is 8.20. The molecule has 88 valence electrons. The molecule has 0 spiro atoms. The van der Waals surface area contributed by atoms with Crippen LogP contribution in [0.3, 0.4) is 0 Å². The van der Waals surface area contributed by atoms with E-state index < -0.39 is 0 Å². The molecule has 0 bridgehead atoms. The number of para-hydroxylation sites is 1. The third-order valence-corrected chi connectivity index (χ3v) is 2.70. The number of aromatic hydroxyl groups is 2. The minimum Gasteiger partial charge on any atom is -0.508 e. The molecular formula is C14H14O3. The summed E-state index contributed by atoms with van der Waals surface area (Å²) < 4.78 is 0. The van der Waals surface area contributed by atoms with Crippen molar-refractivity contribution in [1.29, 1.82) is 0 Å². The zero-order valence-electron chi connectivity index (χ0n) is 9.30. The lowest BCUT2D eigenvalue weighted by atomic mass is 10.0. The average Bonchev–Trinajstić information content (AvgIpc) is 2.35. The summed E-state index contributed by atoms with van der Waals surface area (Å²) in [4.78, 5) is 0. The van der Waals surface area contributed by atoms with E-state index in [4.69, 9.17) is 5.11 Å². The van der Waals surface area contributed by atoms with E-state index in [-0.39, 0.29) is 18.1 Å². The molecule has 0 aromatic heterocycles. The van der Waals surface area contributed by atoms with Crippen molar-refractivity contribution in [1.82, 2.24) is 0 Å². The molecule has 3 heteroatoms. The summed E-state index contributed by atoms with van der Waals surface area (Å²) in [5.74, 6) is 0.381. The van der Waals surface area contributed by atoms with E-state index >= 15 is 0 Å². The molecule has 0 radical (unpaired) electrons. The summed E-state index contributed by atoms with van der Waals surface area (Å²) >= 11 is 0. The highest BCUT2D eigenvalue weighted by Gasteiger charge is 2.06. The molecule has 3 nitrogen and oxygen atoms in total. The molecule has 0 aliphatic rings. The maximum Gasteiger partial charge on any atom is 0.119 e. The highest BCUT2D eigenvalue weighted by molar-refractivity contribution is 5.42. The summed E-state index contributed by atoms with van der Waals surface area (Å²) in [7, 11) is 0. The van der Waals surface area contributed by atoms with Crippen LogP contribution in [0.25, 0.3) is 0 Å². The summed E-state index contributed by atoms with van der Waals surface area (Å²) in [6, 6.07) is 12.0. The van der Waals surface area contributed by atoms with Crippen LogP contribution in [0.15, 0.2) is 42.5 Å². The van der Waals surface area contributed by atoms with Gasteiger partial charge in [-0.2, -0.15) is 0 Å². The number of benzene rings is 2. The Bertz CT molecular complexity index is 521. The van der Waals surface area contributed by atoms with Crippen LogP contribution in [0.5, 0.6) is 11.5 Å². The predicted molar refractivity (Wildman–Crippen MR) is 64.9 cm³/mol. The topological polar surface area (TPSA) is 60.7 Å². The fourth-order valence-corrected chi connectivity index (χ4v) is 1.74. The lowest BCUT2D eigenvalue weighted by molar-refractivity contribution is 0.281. The SMILES string of the molecule is OCc1ccc(O)c(Cc2ccccc2O)c1. The Labute approximate surface area is 99.6 Å². The predicted octanol–water partition coefficient (Wildman–Crippen LogP) is 2.18. The molecule has 2 aromatic rings. The van der Waals surface area contributed by atoms with Crippen molar-refractivity contribution in [2.45, 2.75) is 13.0 Å². The van der Waals surface area contributed by atoms with Crippen LogP contribution in [0.4, 0.5) is 0 Å². The third kappa shape index (κ3) is 2.57. The van der Waals surface area contributed by atoms with Crippen molar-refractivity contribution in [3.8, 4) is 11.5 Å². The number of hydrogen-bond acceptors (Lipinski definition) is 3. The Hall–Kier alpha value is -2.00. The quantitative estimate of drug-likeness (QED) is 0.757. The van der Waals surface area contributed by atoms with Crippen molar-refractivity contribution in [2.75, 3.05) is 0 Å². The van der Waals surface area contributed by atoms with E-state index in [2.05, 4.69) is 0 Å². The zero-order chi connectivity index (χ0) is 12.3. The molecule has 3 N–H and O–H groups in total. The molecule has 2 aromatic carbocycles. The minimum absolute atomic E-state index is 0.0615. The maximum atomic E-state index is 9.72. The molecule has 0 atom stereocenters. The first-order valence-electron chi connectivity index (χ1n) is 5.39. The second-order valence-electron chi connectivity index (χ2n) is 3.93. The van der Waals surface area contributed by atoms with Gasteiger partial charge in [0, 0.05) is 6.42 Å². The lowest BCUT2D eigenvalue weighted by Gasteiger charge is -2.08. The number of rotatable bonds is 3. The highest BCUT2D eigenvalue weighted by atomic mass is 16.3. The number of aliphatic hydroxyl groups is 1. The third-order valence-electron chi connectivity index (χ3n) is 2.70. The standard InChI is InChI=1S/C14H14O3/c15-9-10-5-6-14(17)12(7-10)8-11-3-1-2-4-13(11)16/h1-7,15-17H,8-9H2. The number of phenols is 2. The Morgan fingerprint density at radius 2 is 1.53 bits per heavy atom. The summed E-state index contributed by atoms with van der Waals surface area (Å²) in [5.41, 5.74) is 2.18. The van der Waals surface area contributed by atoms with Gasteiger partial charge in [-0.05, 0) is 34.9 Å². The van der Waals surface area contributed by atoms with E-state index in [1.165, 1.54) is 0 Å². The zero-order valence-corrected chi connectivity index (χ0v) is 9.30. The van der Waals surface area contributed by atoms with Crippen molar-refractivity contribution < 1.29 is 15.3 Å². The Morgan fingerprint density at radius 1 is 0.824 bits per heavy atom. The van der Waals surface area contributed by atoms with Crippen LogP contribution in [0, 0.1) is 0 Å². The summed E-state index contributed by atoms with van der Waals surface area (Å²) in [6.07, 6.45) is 0.437. The monoisotopic (exact) mass is 230 g/mol. The van der Waals surface area contributed by atoms with Crippen LogP contribution in [-0.2, 0) is 13.0 Å². The first-order valence-corrected chi connectivity index (χ1v) is 5.39. The Morgan fingerprint density at radius 3 is 2.24 bits per heavy atom. The highest BCUT2D eigenvalue weighted by Crippen LogP contribution is 2.25. The smallest absolute Gasteiger partial charge is 0.119 e. The Kier molecular flexibility index (Phi) is 3.30. The van der Waals surface area contributed by atoms with Crippen molar-refractivity contribution in [2.24, 2.45) is 0 Å². The van der Waals surface area contributed by atoms with Crippen molar-refractivity contribution in [3.05, 3.63) is 59.2 Å². The fraction of sp³-hybridized carbons (Fsp3) is 0.143. The van der Waals surface area contributed by atoms with Crippen LogP contribution < -0.4 is 0 Å². The Balaban J connectivity index is 2.32. The van der Waals surface area contributed by atoms with E-state index in [1.54, 1.807) is 36.4 Å². The largest absolute Gasteiger partial charge is 0.508 e. The molecule has 0 aliphatic carbocycles. The molecule has 0 amide bonds. The van der Waals surface area contributed by atoms with Gasteiger partial charge in [0.1, 0.15) is 11.5 Å². The van der Waals surface area contributed by atoms with Gasteiger partial charge < -0.3 is 15.3 Å². The van der Waals surface area contributed by atoms with Gasteiger partial charge >= 0.3 is 0 Å². The maximum absolute atomic E-state index is 9.72. The van der Waals surface area contributed by atoms with Gasteiger partial charge in [0.15, 0.2) is 0 Å². The van der Waals surface area contributed by atoms with Gasteiger partial charge in [0.2, 0.25) is 0 Å². The second-order valence-corrected chi connectivity index (χ2v) is 3.93. The molecular weight excluding hydrogens is 216 g/mol. The van der Waals surface area contributed by atoms with Gasteiger partial charge in [0.25, 0.3) is 0 Å². The summed E-state index contributed by atoms with van der Waals surface area (Å²) in [5, 5.41) is 28.4.